The monoisotopic (exact) mass is 192 g/mol. The number of fused-ring (bicyclic) bond motifs is 1. The number of hydrogen-bond donors (Lipinski definition) is 2. The normalized spacial score (nSPS) is 10.6. The van der Waals surface area contributed by atoms with Crippen LogP contribution in [0.3, 0.4) is 0 Å². The highest BCUT2D eigenvalue weighted by atomic mass is 16.6. The first-order valence-electron chi connectivity index (χ1n) is 4.08. The van der Waals surface area contributed by atoms with Crippen molar-refractivity contribution < 1.29 is 10.0 Å². The van der Waals surface area contributed by atoms with Gasteiger partial charge in [-0.15, -0.1) is 0 Å². The van der Waals surface area contributed by atoms with E-state index in [-0.39, 0.29) is 12.3 Å². The lowest BCUT2D eigenvalue weighted by molar-refractivity contribution is -0.383. The molecule has 0 unspecified atom stereocenters. The van der Waals surface area contributed by atoms with Crippen molar-refractivity contribution in [2.75, 3.05) is 0 Å². The van der Waals surface area contributed by atoms with Crippen molar-refractivity contribution in [2.24, 2.45) is 0 Å². The van der Waals surface area contributed by atoms with Crippen LogP contribution in [0.1, 0.15) is 5.56 Å². The maximum atomic E-state index is 10.6. The van der Waals surface area contributed by atoms with E-state index in [2.05, 4.69) is 4.98 Å². The minimum Gasteiger partial charge on any atom is -0.392 e. The van der Waals surface area contributed by atoms with Crippen LogP contribution in [0, 0.1) is 10.1 Å². The summed E-state index contributed by atoms with van der Waals surface area (Å²) in [4.78, 5) is 13.0. The second kappa shape index (κ2) is 3.12. The first kappa shape index (κ1) is 8.71. The number of benzene rings is 1. The molecule has 0 saturated carbocycles. The van der Waals surface area contributed by atoms with E-state index in [0.29, 0.717) is 16.5 Å². The SMILES string of the molecule is O=[N+]([O-])c1cccc2c(CO)c[nH]c12. The topological polar surface area (TPSA) is 79.2 Å². The van der Waals surface area contributed by atoms with Crippen molar-refractivity contribution >= 4 is 16.6 Å². The van der Waals surface area contributed by atoms with E-state index < -0.39 is 4.92 Å². The number of aliphatic hydroxyl groups is 1. The second-order valence-corrected chi connectivity index (χ2v) is 2.93. The van der Waals surface area contributed by atoms with Crippen LogP contribution in [-0.4, -0.2) is 15.0 Å². The Morgan fingerprint density at radius 1 is 1.50 bits per heavy atom. The molecule has 2 N–H and O–H groups in total. The molecule has 1 aromatic carbocycles. The van der Waals surface area contributed by atoms with Crippen molar-refractivity contribution in [3.63, 3.8) is 0 Å². The predicted molar refractivity (Wildman–Crippen MR) is 50.9 cm³/mol. The van der Waals surface area contributed by atoms with Crippen molar-refractivity contribution in [3.05, 3.63) is 40.1 Å². The van der Waals surface area contributed by atoms with E-state index in [1.54, 1.807) is 18.3 Å². The van der Waals surface area contributed by atoms with Crippen molar-refractivity contribution in [3.8, 4) is 0 Å². The van der Waals surface area contributed by atoms with Crippen molar-refractivity contribution in [2.45, 2.75) is 6.61 Å². The van der Waals surface area contributed by atoms with Gasteiger partial charge < -0.3 is 10.1 Å². The van der Waals surface area contributed by atoms with E-state index in [0.717, 1.165) is 0 Å². The van der Waals surface area contributed by atoms with Crippen molar-refractivity contribution in [1.82, 2.24) is 4.98 Å². The minimum absolute atomic E-state index is 0.0298. The van der Waals surface area contributed by atoms with E-state index in [4.69, 9.17) is 5.11 Å². The summed E-state index contributed by atoms with van der Waals surface area (Å²) < 4.78 is 0. The second-order valence-electron chi connectivity index (χ2n) is 2.93. The fraction of sp³-hybridized carbons (Fsp3) is 0.111. The fourth-order valence-electron chi connectivity index (χ4n) is 1.48. The summed E-state index contributed by atoms with van der Waals surface area (Å²) in [6.07, 6.45) is 1.58. The van der Waals surface area contributed by atoms with Gasteiger partial charge in [0.2, 0.25) is 0 Å². The average Bonchev–Trinajstić information content (AvgIpc) is 2.59. The summed E-state index contributed by atoms with van der Waals surface area (Å²) in [5.41, 5.74) is 1.16. The quantitative estimate of drug-likeness (QED) is 0.559. The first-order valence-corrected chi connectivity index (χ1v) is 4.08. The number of non-ortho nitro benzene ring substituents is 1. The molecule has 0 saturated heterocycles. The number of aromatic nitrogens is 1. The van der Waals surface area contributed by atoms with Crippen molar-refractivity contribution in [1.29, 1.82) is 0 Å². The van der Waals surface area contributed by atoms with Crippen LogP contribution in [0.5, 0.6) is 0 Å². The van der Waals surface area contributed by atoms with Gasteiger partial charge in [0.25, 0.3) is 5.69 Å². The lowest BCUT2D eigenvalue weighted by Crippen LogP contribution is -1.88. The third-order valence-corrected chi connectivity index (χ3v) is 2.15. The van der Waals surface area contributed by atoms with Gasteiger partial charge >= 0.3 is 0 Å². The van der Waals surface area contributed by atoms with Gasteiger partial charge in [0.15, 0.2) is 0 Å². The van der Waals surface area contributed by atoms with Gasteiger partial charge in [0.05, 0.1) is 11.5 Å². The van der Waals surface area contributed by atoms with E-state index >= 15 is 0 Å². The molecule has 14 heavy (non-hydrogen) atoms. The van der Waals surface area contributed by atoms with Gasteiger partial charge in [-0.2, -0.15) is 0 Å². The third kappa shape index (κ3) is 1.14. The summed E-state index contributed by atoms with van der Waals surface area (Å²) in [5, 5.41) is 20.3. The van der Waals surface area contributed by atoms with Crippen LogP contribution in [0.2, 0.25) is 0 Å². The molecule has 0 aliphatic carbocycles. The molecule has 0 atom stereocenters. The number of para-hydroxylation sites is 1. The Morgan fingerprint density at radius 3 is 2.93 bits per heavy atom. The molecule has 72 valence electrons. The highest BCUT2D eigenvalue weighted by molar-refractivity contribution is 5.90. The summed E-state index contributed by atoms with van der Waals surface area (Å²) in [5.74, 6) is 0. The van der Waals surface area contributed by atoms with Crippen LogP contribution >= 0.6 is 0 Å². The van der Waals surface area contributed by atoms with Gasteiger partial charge in [-0.3, -0.25) is 10.1 Å². The number of H-pyrrole nitrogens is 1. The zero-order chi connectivity index (χ0) is 10.1. The van der Waals surface area contributed by atoms with Crippen LogP contribution in [0.4, 0.5) is 5.69 Å². The van der Waals surface area contributed by atoms with Crippen LogP contribution < -0.4 is 0 Å². The zero-order valence-electron chi connectivity index (χ0n) is 7.23. The standard InChI is InChI=1S/C9H8N2O3/c12-5-6-4-10-9-7(6)2-1-3-8(9)11(13)14/h1-4,10,12H,5H2. The Morgan fingerprint density at radius 2 is 2.29 bits per heavy atom. The van der Waals surface area contributed by atoms with Gasteiger partial charge in [-0.1, -0.05) is 12.1 Å². The number of nitro groups is 1. The van der Waals surface area contributed by atoms with E-state index in [1.165, 1.54) is 6.07 Å². The Kier molecular flexibility index (Phi) is 1.94. The summed E-state index contributed by atoms with van der Waals surface area (Å²) in [6.45, 7) is -0.124. The molecule has 1 heterocycles. The number of nitrogens with one attached hydrogen (secondary N) is 1. The molecule has 0 amide bonds. The predicted octanol–water partition coefficient (Wildman–Crippen LogP) is 1.57. The number of aromatic amines is 1. The molecule has 5 nitrogen and oxygen atoms in total. The van der Waals surface area contributed by atoms with Crippen LogP contribution in [-0.2, 0) is 6.61 Å². The molecule has 1 aromatic heterocycles. The van der Waals surface area contributed by atoms with Gasteiger partial charge in [-0.25, -0.2) is 0 Å². The number of aliphatic hydroxyl groups excluding tert-OH is 1. The fourth-order valence-corrected chi connectivity index (χ4v) is 1.48. The Labute approximate surface area is 79.1 Å². The minimum atomic E-state index is -0.444. The van der Waals surface area contributed by atoms with E-state index in [1.807, 2.05) is 0 Å². The molecule has 0 fully saturated rings. The van der Waals surface area contributed by atoms with Gasteiger partial charge in [0, 0.05) is 23.2 Å². The zero-order valence-corrected chi connectivity index (χ0v) is 7.23. The molecule has 0 aliphatic heterocycles. The summed E-state index contributed by atoms with van der Waals surface area (Å²) >= 11 is 0. The Balaban J connectivity index is 2.76. The molecule has 2 rings (SSSR count). The lowest BCUT2D eigenvalue weighted by atomic mass is 10.1. The van der Waals surface area contributed by atoms with E-state index in [9.17, 15) is 10.1 Å². The molecular weight excluding hydrogens is 184 g/mol. The average molecular weight is 192 g/mol. The van der Waals surface area contributed by atoms with Gasteiger partial charge in [-0.05, 0) is 0 Å². The molecule has 2 aromatic rings. The molecular formula is C9H8N2O3. The highest BCUT2D eigenvalue weighted by Crippen LogP contribution is 2.26. The number of rotatable bonds is 2. The number of hydrogen-bond acceptors (Lipinski definition) is 3. The number of nitrogens with zero attached hydrogens (tertiary/aromatic N) is 1. The maximum absolute atomic E-state index is 10.6. The third-order valence-electron chi connectivity index (χ3n) is 2.15. The van der Waals surface area contributed by atoms with Crippen LogP contribution in [0.15, 0.2) is 24.4 Å². The highest BCUT2D eigenvalue weighted by Gasteiger charge is 2.13. The summed E-state index contributed by atoms with van der Waals surface area (Å²) in [7, 11) is 0. The van der Waals surface area contributed by atoms with Crippen LogP contribution in [0.25, 0.3) is 10.9 Å². The summed E-state index contributed by atoms with van der Waals surface area (Å²) in [6, 6.07) is 4.78. The molecule has 0 spiro atoms. The number of nitro benzene ring substituents is 1. The molecule has 5 heteroatoms. The smallest absolute Gasteiger partial charge is 0.293 e. The molecule has 0 bridgehead atoms. The first-order chi connectivity index (χ1) is 6.74. The Hall–Kier alpha value is -1.88. The molecule has 0 aliphatic rings. The maximum Gasteiger partial charge on any atom is 0.293 e. The molecule has 0 radical (unpaired) electrons. The largest absolute Gasteiger partial charge is 0.392 e. The lowest BCUT2D eigenvalue weighted by Gasteiger charge is -1.94. The van der Waals surface area contributed by atoms with Gasteiger partial charge in [0.1, 0.15) is 5.52 Å². The Bertz CT molecular complexity index is 490.